The Kier molecular flexibility index (Phi) is 3.24. The zero-order valence-electron chi connectivity index (χ0n) is 11.4. The second-order valence-corrected chi connectivity index (χ2v) is 6.92. The summed E-state index contributed by atoms with van der Waals surface area (Å²) in [5, 5.41) is 9.92. The lowest BCUT2D eigenvalue weighted by atomic mass is 10.0. The number of fused-ring (bicyclic) bond motifs is 1. The molecule has 2 heterocycles. The molecule has 0 bridgehead atoms. The number of rotatable bonds is 3. The molecule has 110 valence electrons. The van der Waals surface area contributed by atoms with E-state index >= 15 is 0 Å². The summed E-state index contributed by atoms with van der Waals surface area (Å²) in [6.07, 6.45) is 0.347. The van der Waals surface area contributed by atoms with Crippen molar-refractivity contribution in [2.45, 2.75) is 17.1 Å². The molecule has 3 rings (SSSR count). The summed E-state index contributed by atoms with van der Waals surface area (Å²) < 4.78 is 37.0. The van der Waals surface area contributed by atoms with E-state index in [4.69, 9.17) is 9.15 Å². The zero-order chi connectivity index (χ0) is 15.1. The molecule has 0 saturated carbocycles. The SMILES string of the molecule is CN(C1(C#N)CCOC1)S(=O)(=O)c1cc2ccccc2o1. The second-order valence-electron chi connectivity index (χ2n) is 5.02. The van der Waals surface area contributed by atoms with Gasteiger partial charge in [0.1, 0.15) is 11.1 Å². The highest BCUT2D eigenvalue weighted by atomic mass is 32.2. The van der Waals surface area contributed by atoms with Crippen LogP contribution in [0.2, 0.25) is 0 Å². The Balaban J connectivity index is 2.05. The molecule has 1 unspecified atom stereocenters. The van der Waals surface area contributed by atoms with Crippen molar-refractivity contribution in [2.24, 2.45) is 0 Å². The first kappa shape index (κ1) is 14.1. The Bertz CT molecular complexity index is 780. The Labute approximate surface area is 122 Å². The fourth-order valence-electron chi connectivity index (χ4n) is 2.41. The van der Waals surface area contributed by atoms with Crippen LogP contribution in [-0.4, -0.2) is 38.5 Å². The van der Waals surface area contributed by atoms with Crippen LogP contribution >= 0.6 is 0 Å². The van der Waals surface area contributed by atoms with Crippen LogP contribution in [0.25, 0.3) is 11.0 Å². The normalized spacial score (nSPS) is 22.7. The van der Waals surface area contributed by atoms with E-state index in [9.17, 15) is 13.7 Å². The lowest BCUT2D eigenvalue weighted by Gasteiger charge is -2.28. The fraction of sp³-hybridized carbons (Fsp3) is 0.357. The molecule has 0 N–H and O–H groups in total. The largest absolute Gasteiger partial charge is 0.443 e. The maximum Gasteiger partial charge on any atom is 0.277 e. The third kappa shape index (κ3) is 2.12. The quantitative estimate of drug-likeness (QED) is 0.862. The topological polar surface area (TPSA) is 83.5 Å². The molecule has 1 aliphatic rings. The molecule has 1 fully saturated rings. The monoisotopic (exact) mass is 306 g/mol. The fourth-order valence-corrected chi connectivity index (χ4v) is 3.80. The van der Waals surface area contributed by atoms with Crippen molar-refractivity contribution in [1.82, 2.24) is 4.31 Å². The van der Waals surface area contributed by atoms with Crippen LogP contribution in [-0.2, 0) is 14.8 Å². The second kappa shape index (κ2) is 4.84. The van der Waals surface area contributed by atoms with Crippen molar-refractivity contribution >= 4 is 21.0 Å². The van der Waals surface area contributed by atoms with Gasteiger partial charge in [-0.05, 0) is 6.07 Å². The van der Waals surface area contributed by atoms with Gasteiger partial charge in [0.15, 0.2) is 0 Å². The first-order valence-electron chi connectivity index (χ1n) is 6.46. The van der Waals surface area contributed by atoms with Crippen molar-refractivity contribution in [1.29, 1.82) is 5.26 Å². The molecular formula is C14H14N2O4S. The molecule has 6 nitrogen and oxygen atoms in total. The Morgan fingerprint density at radius 2 is 2.14 bits per heavy atom. The molecule has 7 heteroatoms. The maximum absolute atomic E-state index is 12.7. The Morgan fingerprint density at radius 1 is 1.38 bits per heavy atom. The van der Waals surface area contributed by atoms with Crippen molar-refractivity contribution in [2.75, 3.05) is 20.3 Å². The summed E-state index contributed by atoms with van der Waals surface area (Å²) in [6.45, 7) is 0.438. The van der Waals surface area contributed by atoms with E-state index in [-0.39, 0.29) is 11.7 Å². The van der Waals surface area contributed by atoms with Crippen molar-refractivity contribution in [3.05, 3.63) is 30.3 Å². The molecule has 1 saturated heterocycles. The molecule has 1 atom stereocenters. The average molecular weight is 306 g/mol. The van der Waals surface area contributed by atoms with Crippen molar-refractivity contribution < 1.29 is 17.6 Å². The predicted molar refractivity (Wildman–Crippen MR) is 74.9 cm³/mol. The summed E-state index contributed by atoms with van der Waals surface area (Å²) in [5.74, 6) is 0. The van der Waals surface area contributed by atoms with Gasteiger partial charge < -0.3 is 9.15 Å². The zero-order valence-corrected chi connectivity index (χ0v) is 12.3. The first-order chi connectivity index (χ1) is 9.99. The Morgan fingerprint density at radius 3 is 2.76 bits per heavy atom. The lowest BCUT2D eigenvalue weighted by Crippen LogP contribution is -2.48. The molecule has 1 aromatic heterocycles. The molecule has 21 heavy (non-hydrogen) atoms. The number of ether oxygens (including phenoxy) is 1. The van der Waals surface area contributed by atoms with Gasteiger partial charge in [-0.1, -0.05) is 18.2 Å². The van der Waals surface area contributed by atoms with E-state index in [0.717, 1.165) is 4.31 Å². The molecule has 2 aromatic rings. The van der Waals surface area contributed by atoms with E-state index in [1.807, 2.05) is 0 Å². The average Bonchev–Trinajstić information content (AvgIpc) is 3.13. The third-order valence-corrected chi connectivity index (χ3v) is 5.61. The number of benzene rings is 1. The molecule has 1 aliphatic heterocycles. The van der Waals surface area contributed by atoms with E-state index in [1.165, 1.54) is 13.1 Å². The highest BCUT2D eigenvalue weighted by molar-refractivity contribution is 7.89. The number of likely N-dealkylation sites (N-methyl/N-ethyl adjacent to an activating group) is 1. The first-order valence-corrected chi connectivity index (χ1v) is 7.90. The van der Waals surface area contributed by atoms with Gasteiger partial charge in [-0.15, -0.1) is 0 Å². The van der Waals surface area contributed by atoms with E-state index in [1.54, 1.807) is 24.3 Å². The van der Waals surface area contributed by atoms with E-state index < -0.39 is 15.6 Å². The highest BCUT2D eigenvalue weighted by Gasteiger charge is 2.46. The predicted octanol–water partition coefficient (Wildman–Crippen LogP) is 1.74. The summed E-state index contributed by atoms with van der Waals surface area (Å²) in [7, 11) is -2.50. The number of sulfonamides is 1. The minimum Gasteiger partial charge on any atom is -0.443 e. The molecular weight excluding hydrogens is 292 g/mol. The number of hydrogen-bond donors (Lipinski definition) is 0. The summed E-state index contributed by atoms with van der Waals surface area (Å²) in [4.78, 5) is 0. The molecule has 0 spiro atoms. The third-order valence-electron chi connectivity index (χ3n) is 3.83. The number of nitrogens with zero attached hydrogens (tertiary/aromatic N) is 2. The van der Waals surface area contributed by atoms with E-state index in [2.05, 4.69) is 6.07 Å². The van der Waals surface area contributed by atoms with Crippen LogP contribution in [0.15, 0.2) is 39.8 Å². The standard InChI is InChI=1S/C14H14N2O4S/c1-16(14(9-15)6-7-19-10-14)21(17,18)13-8-11-4-2-3-5-12(11)20-13/h2-5,8H,6-7,10H2,1H3. The van der Waals surface area contributed by atoms with Crippen LogP contribution < -0.4 is 0 Å². The number of furan rings is 1. The van der Waals surface area contributed by atoms with Crippen LogP contribution in [0.5, 0.6) is 0 Å². The summed E-state index contributed by atoms with van der Waals surface area (Å²) in [6, 6.07) is 10.6. The highest BCUT2D eigenvalue weighted by Crippen LogP contribution is 2.32. The summed E-state index contributed by atoms with van der Waals surface area (Å²) >= 11 is 0. The molecule has 1 aromatic carbocycles. The van der Waals surface area contributed by atoms with Crippen LogP contribution in [0.3, 0.4) is 0 Å². The van der Waals surface area contributed by atoms with Gasteiger partial charge in [0, 0.05) is 31.5 Å². The van der Waals surface area contributed by atoms with Gasteiger partial charge in [-0.2, -0.15) is 9.57 Å². The van der Waals surface area contributed by atoms with Gasteiger partial charge in [-0.25, -0.2) is 8.42 Å². The Hall–Kier alpha value is -1.88. The van der Waals surface area contributed by atoms with Crippen LogP contribution in [0.1, 0.15) is 6.42 Å². The smallest absolute Gasteiger partial charge is 0.277 e. The van der Waals surface area contributed by atoms with E-state index in [0.29, 0.717) is 24.0 Å². The number of nitriles is 1. The van der Waals surface area contributed by atoms with Gasteiger partial charge in [0.05, 0.1) is 12.7 Å². The van der Waals surface area contributed by atoms with Gasteiger partial charge in [-0.3, -0.25) is 0 Å². The number of para-hydroxylation sites is 1. The lowest BCUT2D eigenvalue weighted by molar-refractivity contribution is 0.162. The van der Waals surface area contributed by atoms with Gasteiger partial charge in [0.25, 0.3) is 10.0 Å². The van der Waals surface area contributed by atoms with Crippen LogP contribution in [0.4, 0.5) is 0 Å². The van der Waals surface area contributed by atoms with Crippen molar-refractivity contribution in [3.63, 3.8) is 0 Å². The van der Waals surface area contributed by atoms with Gasteiger partial charge >= 0.3 is 0 Å². The van der Waals surface area contributed by atoms with Crippen LogP contribution in [0, 0.1) is 11.3 Å². The van der Waals surface area contributed by atoms with Crippen molar-refractivity contribution in [3.8, 4) is 6.07 Å². The molecule has 0 radical (unpaired) electrons. The maximum atomic E-state index is 12.7. The minimum atomic E-state index is -3.89. The summed E-state index contributed by atoms with van der Waals surface area (Å²) in [5.41, 5.74) is -0.671. The minimum absolute atomic E-state index is 0.0689. The number of hydrogen-bond acceptors (Lipinski definition) is 5. The molecule has 0 amide bonds. The molecule has 0 aliphatic carbocycles. The van der Waals surface area contributed by atoms with Gasteiger partial charge in [0.2, 0.25) is 5.09 Å².